The van der Waals surface area contributed by atoms with Crippen LogP contribution in [0.4, 0.5) is 0 Å². The highest BCUT2D eigenvalue weighted by Gasteiger charge is 2.57. The van der Waals surface area contributed by atoms with Gasteiger partial charge in [0, 0.05) is 13.2 Å². The lowest BCUT2D eigenvalue weighted by atomic mass is 9.79. The standard InChI is InChI=1S/C16H28N2O3/c1-6-21-10-9-18-12(15(2,3)4)13(19)17-16(5,14(18)20)11-7-8-11/h11-12H,6-10H2,1-5H3,(H,17,19). The highest BCUT2D eigenvalue weighted by atomic mass is 16.5. The number of carbonyl (C=O) groups excluding carboxylic acids is 2. The molecule has 0 aromatic heterocycles. The zero-order valence-electron chi connectivity index (χ0n) is 13.9. The first-order valence-corrected chi connectivity index (χ1v) is 7.92. The Labute approximate surface area is 127 Å². The smallest absolute Gasteiger partial charge is 0.249 e. The first-order chi connectivity index (χ1) is 9.71. The van der Waals surface area contributed by atoms with Gasteiger partial charge in [-0.05, 0) is 38.0 Å². The zero-order valence-corrected chi connectivity index (χ0v) is 13.9. The second-order valence-electron chi connectivity index (χ2n) is 7.43. The Hall–Kier alpha value is -1.10. The molecular weight excluding hydrogens is 268 g/mol. The van der Waals surface area contributed by atoms with Gasteiger partial charge in [-0.15, -0.1) is 0 Å². The SMILES string of the molecule is CCOCCN1C(=O)C(C)(C2CC2)NC(=O)C1C(C)(C)C. The molecule has 0 aromatic rings. The second-order valence-corrected chi connectivity index (χ2v) is 7.43. The van der Waals surface area contributed by atoms with Crippen LogP contribution >= 0.6 is 0 Å². The van der Waals surface area contributed by atoms with E-state index in [1.807, 2.05) is 34.6 Å². The summed E-state index contributed by atoms with van der Waals surface area (Å²) in [6, 6.07) is -0.433. The van der Waals surface area contributed by atoms with E-state index < -0.39 is 11.6 Å². The highest BCUT2D eigenvalue weighted by molar-refractivity contribution is 6.00. The van der Waals surface area contributed by atoms with E-state index in [0.29, 0.717) is 19.8 Å². The monoisotopic (exact) mass is 296 g/mol. The van der Waals surface area contributed by atoms with Gasteiger partial charge < -0.3 is 15.0 Å². The largest absolute Gasteiger partial charge is 0.380 e. The summed E-state index contributed by atoms with van der Waals surface area (Å²) >= 11 is 0. The van der Waals surface area contributed by atoms with Gasteiger partial charge in [-0.25, -0.2) is 0 Å². The predicted molar refractivity (Wildman–Crippen MR) is 80.7 cm³/mol. The number of nitrogens with one attached hydrogen (secondary N) is 1. The molecule has 2 rings (SSSR count). The molecular formula is C16H28N2O3. The van der Waals surface area contributed by atoms with Crippen LogP contribution in [0.3, 0.4) is 0 Å². The predicted octanol–water partition coefficient (Wildman–Crippen LogP) is 1.56. The molecule has 0 spiro atoms. The van der Waals surface area contributed by atoms with Gasteiger partial charge in [0.1, 0.15) is 11.6 Å². The maximum Gasteiger partial charge on any atom is 0.249 e. The van der Waals surface area contributed by atoms with Crippen LogP contribution in [0.5, 0.6) is 0 Å². The molecule has 0 aromatic carbocycles. The van der Waals surface area contributed by atoms with E-state index in [0.717, 1.165) is 12.8 Å². The molecule has 2 fully saturated rings. The number of hydrogen-bond acceptors (Lipinski definition) is 3. The summed E-state index contributed by atoms with van der Waals surface area (Å²) in [5, 5.41) is 3.01. The summed E-state index contributed by atoms with van der Waals surface area (Å²) in [6.07, 6.45) is 2.03. The first kappa shape index (κ1) is 16.3. The van der Waals surface area contributed by atoms with Crippen molar-refractivity contribution in [2.45, 2.75) is 59.0 Å². The Morgan fingerprint density at radius 2 is 1.95 bits per heavy atom. The molecule has 1 aliphatic heterocycles. The molecule has 1 saturated carbocycles. The lowest BCUT2D eigenvalue weighted by Gasteiger charge is -2.48. The fourth-order valence-electron chi connectivity index (χ4n) is 3.27. The molecule has 1 aliphatic carbocycles. The second kappa shape index (κ2) is 5.59. The Morgan fingerprint density at radius 1 is 1.33 bits per heavy atom. The van der Waals surface area contributed by atoms with Gasteiger partial charge in [0.05, 0.1) is 6.61 Å². The van der Waals surface area contributed by atoms with Gasteiger partial charge >= 0.3 is 0 Å². The lowest BCUT2D eigenvalue weighted by Crippen LogP contribution is -2.72. The number of piperazine rings is 1. The third kappa shape index (κ3) is 3.07. The summed E-state index contributed by atoms with van der Waals surface area (Å²) in [5.41, 5.74) is -1.03. The molecule has 120 valence electrons. The van der Waals surface area contributed by atoms with Crippen LogP contribution in [0.15, 0.2) is 0 Å². The van der Waals surface area contributed by atoms with Crippen molar-refractivity contribution in [1.82, 2.24) is 10.2 Å². The van der Waals surface area contributed by atoms with E-state index in [1.165, 1.54) is 0 Å². The molecule has 0 radical (unpaired) electrons. The minimum absolute atomic E-state index is 0.0343. The molecule has 2 amide bonds. The van der Waals surface area contributed by atoms with Gasteiger partial charge in [0.2, 0.25) is 11.8 Å². The summed E-state index contributed by atoms with van der Waals surface area (Å²) in [6.45, 7) is 11.4. The Kier molecular flexibility index (Phi) is 4.34. The topological polar surface area (TPSA) is 58.6 Å². The zero-order chi connectivity index (χ0) is 15.8. The molecule has 1 saturated heterocycles. The maximum absolute atomic E-state index is 13.0. The maximum atomic E-state index is 13.0. The van der Waals surface area contributed by atoms with Crippen LogP contribution in [-0.4, -0.2) is 48.1 Å². The molecule has 1 heterocycles. The van der Waals surface area contributed by atoms with Crippen LogP contribution in [0.1, 0.15) is 47.5 Å². The van der Waals surface area contributed by atoms with E-state index in [1.54, 1.807) is 4.90 Å². The van der Waals surface area contributed by atoms with E-state index in [4.69, 9.17) is 4.74 Å². The molecule has 2 aliphatic rings. The number of hydrogen-bond donors (Lipinski definition) is 1. The number of carbonyl (C=O) groups is 2. The molecule has 5 heteroatoms. The quantitative estimate of drug-likeness (QED) is 0.783. The first-order valence-electron chi connectivity index (χ1n) is 7.92. The number of nitrogens with zero attached hydrogens (tertiary/aromatic N) is 1. The summed E-state index contributed by atoms with van der Waals surface area (Å²) in [4.78, 5) is 27.4. The molecule has 5 nitrogen and oxygen atoms in total. The molecule has 1 N–H and O–H groups in total. The minimum Gasteiger partial charge on any atom is -0.380 e. The van der Waals surface area contributed by atoms with E-state index in [2.05, 4.69) is 5.32 Å². The highest BCUT2D eigenvalue weighted by Crippen LogP contribution is 2.43. The fourth-order valence-corrected chi connectivity index (χ4v) is 3.27. The molecule has 21 heavy (non-hydrogen) atoms. The van der Waals surface area contributed by atoms with E-state index in [-0.39, 0.29) is 23.1 Å². The van der Waals surface area contributed by atoms with Crippen LogP contribution in [0.25, 0.3) is 0 Å². The Morgan fingerprint density at radius 3 is 2.43 bits per heavy atom. The normalized spacial score (nSPS) is 30.5. The van der Waals surface area contributed by atoms with Crippen LogP contribution in [0.2, 0.25) is 0 Å². The average molecular weight is 296 g/mol. The van der Waals surface area contributed by atoms with Crippen molar-refractivity contribution < 1.29 is 14.3 Å². The third-order valence-electron chi connectivity index (χ3n) is 4.54. The lowest BCUT2D eigenvalue weighted by molar-refractivity contribution is -0.160. The van der Waals surface area contributed by atoms with Gasteiger partial charge in [-0.2, -0.15) is 0 Å². The van der Waals surface area contributed by atoms with Crippen molar-refractivity contribution in [2.75, 3.05) is 19.8 Å². The Bertz CT molecular complexity index is 426. The number of rotatable bonds is 5. The Balaban J connectivity index is 2.25. The number of amides is 2. The van der Waals surface area contributed by atoms with Gasteiger partial charge in [0.15, 0.2) is 0 Å². The van der Waals surface area contributed by atoms with Crippen molar-refractivity contribution in [3.63, 3.8) is 0 Å². The molecule has 0 bridgehead atoms. The van der Waals surface area contributed by atoms with E-state index >= 15 is 0 Å². The van der Waals surface area contributed by atoms with Gasteiger partial charge in [0.25, 0.3) is 0 Å². The number of ether oxygens (including phenoxy) is 1. The van der Waals surface area contributed by atoms with Crippen molar-refractivity contribution in [2.24, 2.45) is 11.3 Å². The van der Waals surface area contributed by atoms with Crippen LogP contribution in [-0.2, 0) is 14.3 Å². The van der Waals surface area contributed by atoms with Crippen molar-refractivity contribution in [3.05, 3.63) is 0 Å². The minimum atomic E-state index is -0.731. The summed E-state index contributed by atoms with van der Waals surface area (Å²) in [7, 11) is 0. The fraction of sp³-hybridized carbons (Fsp3) is 0.875. The van der Waals surface area contributed by atoms with Gasteiger partial charge in [-0.3, -0.25) is 9.59 Å². The van der Waals surface area contributed by atoms with Crippen molar-refractivity contribution in [1.29, 1.82) is 0 Å². The van der Waals surface area contributed by atoms with Crippen molar-refractivity contribution >= 4 is 11.8 Å². The molecule has 2 atom stereocenters. The summed E-state index contributed by atoms with van der Waals surface area (Å²) in [5.74, 6) is 0.293. The van der Waals surface area contributed by atoms with Crippen LogP contribution < -0.4 is 5.32 Å². The molecule has 2 unspecified atom stereocenters. The average Bonchev–Trinajstić information content (AvgIpc) is 3.18. The van der Waals surface area contributed by atoms with Gasteiger partial charge in [-0.1, -0.05) is 20.8 Å². The van der Waals surface area contributed by atoms with Crippen LogP contribution in [0, 0.1) is 11.3 Å². The van der Waals surface area contributed by atoms with Crippen molar-refractivity contribution in [3.8, 4) is 0 Å². The summed E-state index contributed by atoms with van der Waals surface area (Å²) < 4.78 is 5.40. The van der Waals surface area contributed by atoms with E-state index in [9.17, 15) is 9.59 Å². The third-order valence-corrected chi connectivity index (χ3v) is 4.54.